The number of carbonyl (C=O) groups excluding carboxylic acids is 1. The van der Waals surface area contributed by atoms with E-state index in [2.05, 4.69) is 11.8 Å². The van der Waals surface area contributed by atoms with E-state index in [0.29, 0.717) is 6.42 Å². The Balaban J connectivity index is 3.58. The highest BCUT2D eigenvalue weighted by atomic mass is 16.2. The summed E-state index contributed by atoms with van der Waals surface area (Å²) in [5, 5.41) is 4.69. The second-order valence-electron chi connectivity index (χ2n) is 1.81. The van der Waals surface area contributed by atoms with Gasteiger partial charge in [-0.2, -0.15) is 5.10 Å². The molecule has 0 heterocycles. The minimum absolute atomic E-state index is 0.0208. The van der Waals surface area contributed by atoms with Gasteiger partial charge in [-0.05, 0) is 6.42 Å². The molecule has 0 aliphatic carbocycles. The minimum atomic E-state index is 0.0208. The molecule has 0 bridgehead atoms. The summed E-state index contributed by atoms with van der Waals surface area (Å²) < 4.78 is 0. The van der Waals surface area contributed by atoms with Crippen molar-refractivity contribution < 1.29 is 4.79 Å². The highest BCUT2D eigenvalue weighted by Gasteiger charge is 2.02. The van der Waals surface area contributed by atoms with Gasteiger partial charge in [0, 0.05) is 20.2 Å². The topological polar surface area (TPSA) is 32.7 Å². The Morgan fingerprint density at radius 3 is 2.67 bits per heavy atom. The molecule has 1 amide bonds. The normalized spacial score (nSPS) is 8.67. The monoisotopic (exact) mass is 128 g/mol. The first-order valence-corrected chi connectivity index (χ1v) is 2.95. The lowest BCUT2D eigenvalue weighted by Crippen LogP contribution is -2.19. The highest BCUT2D eigenvalue weighted by Crippen LogP contribution is 1.92. The summed E-state index contributed by atoms with van der Waals surface area (Å²) in [6, 6.07) is 0. The molecule has 52 valence electrons. The highest BCUT2D eigenvalue weighted by molar-refractivity contribution is 5.75. The van der Waals surface area contributed by atoms with Crippen LogP contribution in [0.2, 0.25) is 0 Å². The van der Waals surface area contributed by atoms with E-state index in [1.54, 1.807) is 7.05 Å². The van der Waals surface area contributed by atoms with Gasteiger partial charge in [-0.1, -0.05) is 6.92 Å². The Morgan fingerprint density at radius 1 is 1.78 bits per heavy atom. The summed E-state index contributed by atoms with van der Waals surface area (Å²) in [5.41, 5.74) is 0. The molecule has 0 atom stereocenters. The third-order valence-corrected chi connectivity index (χ3v) is 1.04. The van der Waals surface area contributed by atoms with Crippen molar-refractivity contribution in [2.45, 2.75) is 19.8 Å². The number of hydrogen-bond acceptors (Lipinski definition) is 2. The summed E-state index contributed by atoms with van der Waals surface area (Å²) in [5.74, 6) is 0.0208. The predicted octanol–water partition coefficient (Wildman–Crippen LogP) is 0.860. The molecule has 0 rings (SSSR count). The van der Waals surface area contributed by atoms with E-state index in [0.717, 1.165) is 6.42 Å². The third kappa shape index (κ3) is 2.85. The van der Waals surface area contributed by atoms with Crippen LogP contribution in [-0.2, 0) is 4.79 Å². The van der Waals surface area contributed by atoms with Gasteiger partial charge < -0.3 is 0 Å². The van der Waals surface area contributed by atoms with Crippen LogP contribution in [0.15, 0.2) is 5.10 Å². The van der Waals surface area contributed by atoms with Crippen LogP contribution >= 0.6 is 0 Å². The predicted molar refractivity (Wildman–Crippen MR) is 37.2 cm³/mol. The van der Waals surface area contributed by atoms with E-state index in [4.69, 9.17) is 0 Å². The summed E-state index contributed by atoms with van der Waals surface area (Å²) >= 11 is 0. The van der Waals surface area contributed by atoms with E-state index in [1.807, 2.05) is 6.92 Å². The maximum absolute atomic E-state index is 10.8. The lowest BCUT2D eigenvalue weighted by Gasteiger charge is -2.07. The maximum atomic E-state index is 10.8. The number of amides is 1. The number of nitrogens with zero attached hydrogens (tertiary/aromatic N) is 2. The Bertz CT molecular complexity index is 112. The van der Waals surface area contributed by atoms with Crippen LogP contribution in [0.3, 0.4) is 0 Å². The summed E-state index contributed by atoms with van der Waals surface area (Å²) in [7, 11) is 1.60. The van der Waals surface area contributed by atoms with Crippen LogP contribution in [0.5, 0.6) is 0 Å². The molecule has 3 heteroatoms. The van der Waals surface area contributed by atoms with Crippen LogP contribution in [0.1, 0.15) is 19.8 Å². The van der Waals surface area contributed by atoms with Gasteiger partial charge in [0.05, 0.1) is 0 Å². The largest absolute Gasteiger partial charge is 0.273 e. The van der Waals surface area contributed by atoms with Gasteiger partial charge in [0.15, 0.2) is 0 Å². The molecule has 0 aromatic heterocycles. The van der Waals surface area contributed by atoms with Crippen molar-refractivity contribution in [3.05, 3.63) is 0 Å². The number of carbonyl (C=O) groups is 1. The molecule has 0 aliphatic heterocycles. The van der Waals surface area contributed by atoms with Gasteiger partial charge in [0.2, 0.25) is 5.91 Å². The smallest absolute Gasteiger partial charge is 0.242 e. The SMILES string of the molecule is C=NN(C)C(=O)CCC. The van der Waals surface area contributed by atoms with Gasteiger partial charge in [-0.15, -0.1) is 0 Å². The quantitative estimate of drug-likeness (QED) is 0.410. The van der Waals surface area contributed by atoms with Gasteiger partial charge in [-0.3, -0.25) is 4.79 Å². The first-order chi connectivity index (χ1) is 4.22. The summed E-state index contributed by atoms with van der Waals surface area (Å²) in [6.07, 6.45) is 1.41. The molecule has 9 heavy (non-hydrogen) atoms. The Kier molecular flexibility index (Phi) is 3.67. The van der Waals surface area contributed by atoms with Crippen LogP contribution in [0.25, 0.3) is 0 Å². The third-order valence-electron chi connectivity index (χ3n) is 1.04. The molecular formula is C6H12N2O. The lowest BCUT2D eigenvalue weighted by molar-refractivity contribution is -0.129. The van der Waals surface area contributed by atoms with Crippen LogP contribution in [-0.4, -0.2) is 24.7 Å². The zero-order chi connectivity index (χ0) is 7.28. The second-order valence-corrected chi connectivity index (χ2v) is 1.81. The molecule has 0 aromatic rings. The molecule has 0 N–H and O–H groups in total. The number of hydrazone groups is 1. The molecule has 0 spiro atoms. The molecule has 0 aliphatic rings. The van der Waals surface area contributed by atoms with Crippen LogP contribution in [0, 0.1) is 0 Å². The Labute approximate surface area is 55.4 Å². The van der Waals surface area contributed by atoms with Crippen LogP contribution in [0.4, 0.5) is 0 Å². The van der Waals surface area contributed by atoms with Crippen molar-refractivity contribution in [2.75, 3.05) is 7.05 Å². The molecule has 0 saturated carbocycles. The van der Waals surface area contributed by atoms with Gasteiger partial charge in [0.25, 0.3) is 0 Å². The van der Waals surface area contributed by atoms with Gasteiger partial charge >= 0.3 is 0 Å². The van der Waals surface area contributed by atoms with E-state index < -0.39 is 0 Å². The number of rotatable bonds is 3. The summed E-state index contributed by atoms with van der Waals surface area (Å²) in [4.78, 5) is 10.8. The molecule has 3 nitrogen and oxygen atoms in total. The van der Waals surface area contributed by atoms with Crippen molar-refractivity contribution in [3.63, 3.8) is 0 Å². The van der Waals surface area contributed by atoms with E-state index in [1.165, 1.54) is 5.01 Å². The zero-order valence-corrected chi connectivity index (χ0v) is 5.92. The molecule has 0 fully saturated rings. The van der Waals surface area contributed by atoms with Crippen molar-refractivity contribution in [1.29, 1.82) is 0 Å². The summed E-state index contributed by atoms with van der Waals surface area (Å²) in [6.45, 7) is 5.17. The van der Waals surface area contributed by atoms with E-state index in [-0.39, 0.29) is 5.91 Å². The molecule has 0 unspecified atom stereocenters. The standard InChI is InChI=1S/C6H12N2O/c1-4-5-6(9)8(3)7-2/h2,4-5H2,1,3H3. The fourth-order valence-electron chi connectivity index (χ4n) is 0.455. The maximum Gasteiger partial charge on any atom is 0.242 e. The fraction of sp³-hybridized carbons (Fsp3) is 0.667. The zero-order valence-electron chi connectivity index (χ0n) is 5.92. The second kappa shape index (κ2) is 4.06. The Hall–Kier alpha value is -0.860. The number of hydrogen-bond donors (Lipinski definition) is 0. The van der Waals surface area contributed by atoms with E-state index in [9.17, 15) is 4.79 Å². The molecule has 0 saturated heterocycles. The van der Waals surface area contributed by atoms with Crippen molar-refractivity contribution in [3.8, 4) is 0 Å². The molecular weight excluding hydrogens is 116 g/mol. The van der Waals surface area contributed by atoms with Gasteiger partial charge in [0.1, 0.15) is 0 Å². The Morgan fingerprint density at radius 2 is 2.33 bits per heavy atom. The van der Waals surface area contributed by atoms with Crippen molar-refractivity contribution >= 4 is 12.6 Å². The molecule has 0 aromatic carbocycles. The first-order valence-electron chi connectivity index (χ1n) is 2.95. The van der Waals surface area contributed by atoms with Crippen molar-refractivity contribution in [1.82, 2.24) is 5.01 Å². The fourth-order valence-corrected chi connectivity index (χ4v) is 0.455. The van der Waals surface area contributed by atoms with Crippen LogP contribution < -0.4 is 0 Å². The van der Waals surface area contributed by atoms with E-state index >= 15 is 0 Å². The van der Waals surface area contributed by atoms with Gasteiger partial charge in [-0.25, -0.2) is 5.01 Å². The average molecular weight is 128 g/mol. The lowest BCUT2D eigenvalue weighted by atomic mass is 10.3. The molecule has 0 radical (unpaired) electrons. The minimum Gasteiger partial charge on any atom is -0.273 e. The van der Waals surface area contributed by atoms with Crippen molar-refractivity contribution in [2.24, 2.45) is 5.10 Å². The average Bonchev–Trinajstić information content (AvgIpc) is 1.87. The first kappa shape index (κ1) is 8.14.